The lowest BCUT2D eigenvalue weighted by Crippen LogP contribution is -2.74. The minimum Gasteiger partial charge on any atom is -0.309 e. The molecule has 5 heterocycles. The third kappa shape index (κ3) is 7.31. The molecular formula is C77H49N7Si. The second-order valence-electron chi connectivity index (χ2n) is 22.0. The number of aromatic nitrogens is 6. The SMILES string of the molecule is N#Cc1ccc2c(c1)c1ccccc1n2-c1ccc2c(c1)c1ccccc1n2-c1cc(-c2cccc([Si](c3ccccc3)(c3ccccc3)c3ccccc3)c2)nc(-n2c3ccccc3c3cc(-n4c5ccccc5c5ccccc54)ccc32)n1. The van der Waals surface area contributed by atoms with Gasteiger partial charge in [0.05, 0.1) is 61.5 Å². The van der Waals surface area contributed by atoms with E-state index in [0.717, 1.165) is 105 Å². The molecule has 0 bridgehead atoms. The average Bonchev–Trinajstić information content (AvgIpc) is 2.55. The summed E-state index contributed by atoms with van der Waals surface area (Å²) in [7, 11) is -2.95. The van der Waals surface area contributed by atoms with Gasteiger partial charge < -0.3 is 9.13 Å². The highest BCUT2D eigenvalue weighted by atomic mass is 28.3. The number of fused-ring (bicyclic) bond motifs is 12. The highest BCUT2D eigenvalue weighted by Gasteiger charge is 2.41. The Labute approximate surface area is 490 Å². The minimum absolute atomic E-state index is 0.566. The van der Waals surface area contributed by atoms with Crippen molar-refractivity contribution < 1.29 is 0 Å². The second-order valence-corrected chi connectivity index (χ2v) is 25.8. The molecule has 17 aromatic rings. The van der Waals surface area contributed by atoms with Crippen LogP contribution in [0.5, 0.6) is 0 Å². The van der Waals surface area contributed by atoms with E-state index in [9.17, 15) is 5.26 Å². The topological polar surface area (TPSA) is 69.3 Å². The summed E-state index contributed by atoms with van der Waals surface area (Å²) in [5, 5.41) is 24.1. The molecule has 8 heteroatoms. The first kappa shape index (κ1) is 48.3. The first-order valence-electron chi connectivity index (χ1n) is 28.8. The number of hydrogen-bond acceptors (Lipinski definition) is 3. The predicted molar refractivity (Wildman–Crippen MR) is 353 cm³/mol. The van der Waals surface area contributed by atoms with Crippen LogP contribution < -0.4 is 20.7 Å². The summed E-state index contributed by atoms with van der Waals surface area (Å²) in [5.74, 6) is 1.31. The van der Waals surface area contributed by atoms with Crippen LogP contribution in [-0.2, 0) is 0 Å². The second kappa shape index (κ2) is 19.1. The number of benzene rings is 12. The summed E-state index contributed by atoms with van der Waals surface area (Å²) in [4.78, 5) is 11.5. The molecule has 0 aliphatic rings. The van der Waals surface area contributed by atoms with E-state index in [1.54, 1.807) is 0 Å². The molecule has 396 valence electrons. The summed E-state index contributed by atoms with van der Waals surface area (Å²) in [6, 6.07) is 110. The van der Waals surface area contributed by atoms with Gasteiger partial charge in [0.2, 0.25) is 5.95 Å². The zero-order valence-corrected chi connectivity index (χ0v) is 46.9. The smallest absolute Gasteiger partial charge is 0.237 e. The summed E-state index contributed by atoms with van der Waals surface area (Å²) in [6.07, 6.45) is 0. The molecule has 0 spiro atoms. The van der Waals surface area contributed by atoms with Gasteiger partial charge in [-0.2, -0.15) is 10.2 Å². The fraction of sp³-hybridized carbons (Fsp3) is 0. The lowest BCUT2D eigenvalue weighted by Gasteiger charge is -2.34. The van der Waals surface area contributed by atoms with Crippen molar-refractivity contribution >= 4 is 116 Å². The van der Waals surface area contributed by atoms with E-state index < -0.39 is 8.07 Å². The summed E-state index contributed by atoms with van der Waals surface area (Å²) >= 11 is 0. The minimum atomic E-state index is -2.95. The number of para-hydroxylation sites is 5. The van der Waals surface area contributed by atoms with E-state index in [-0.39, 0.29) is 0 Å². The van der Waals surface area contributed by atoms with Crippen LogP contribution in [0.4, 0.5) is 0 Å². The summed E-state index contributed by atoms with van der Waals surface area (Å²) in [6.45, 7) is 0. The molecule has 0 N–H and O–H groups in total. The van der Waals surface area contributed by atoms with E-state index in [1.807, 2.05) is 12.1 Å². The van der Waals surface area contributed by atoms with Crippen molar-refractivity contribution in [2.24, 2.45) is 0 Å². The van der Waals surface area contributed by atoms with Crippen molar-refractivity contribution in [3.63, 3.8) is 0 Å². The Balaban J connectivity index is 0.928. The molecule has 0 aliphatic carbocycles. The molecule has 17 rings (SSSR count). The molecular weight excluding hydrogens is 1050 g/mol. The number of hydrogen-bond donors (Lipinski definition) is 0. The van der Waals surface area contributed by atoms with Crippen LogP contribution in [0.2, 0.25) is 0 Å². The summed E-state index contributed by atoms with van der Waals surface area (Å²) < 4.78 is 9.30. The standard InChI is InChI=1S/C77H49N7Si/c78-50-51-39-42-73-64(45-51)61-31-12-17-36-70(61)82(73)54-40-43-74-65(47-54)62-32-13-18-37-71(62)83(74)76-49-67(52-21-20-28-58(46-52)85(55-22-4-1-5-23-55,56-24-6-2-7-25-56)57-26-8-3-9-27-57)79-77(80-76)84-72-38-19-14-33-63(72)66-48-53(41-44-75(66)84)81-68-34-15-10-29-59(68)60-30-11-16-35-69(60)81/h1-49H. The van der Waals surface area contributed by atoms with Gasteiger partial charge in [0.25, 0.3) is 0 Å². The van der Waals surface area contributed by atoms with Crippen molar-refractivity contribution in [2.45, 2.75) is 0 Å². The molecule has 0 atom stereocenters. The van der Waals surface area contributed by atoms with E-state index in [4.69, 9.17) is 9.97 Å². The van der Waals surface area contributed by atoms with Gasteiger partial charge in [0.15, 0.2) is 8.07 Å². The van der Waals surface area contributed by atoms with Crippen molar-refractivity contribution in [3.05, 3.63) is 303 Å². The maximum atomic E-state index is 9.96. The molecule has 85 heavy (non-hydrogen) atoms. The maximum absolute atomic E-state index is 9.96. The van der Waals surface area contributed by atoms with Gasteiger partial charge in [-0.15, -0.1) is 0 Å². The van der Waals surface area contributed by atoms with Crippen molar-refractivity contribution in [1.29, 1.82) is 5.26 Å². The van der Waals surface area contributed by atoms with Crippen molar-refractivity contribution in [2.75, 3.05) is 0 Å². The first-order valence-corrected chi connectivity index (χ1v) is 30.8. The van der Waals surface area contributed by atoms with E-state index in [1.165, 1.54) is 31.5 Å². The van der Waals surface area contributed by atoms with Crippen LogP contribution in [0.25, 0.3) is 122 Å². The van der Waals surface area contributed by atoms with Crippen LogP contribution in [0, 0.1) is 11.3 Å². The normalized spacial score (nSPS) is 12.0. The Morgan fingerprint density at radius 1 is 0.282 bits per heavy atom. The van der Waals surface area contributed by atoms with Gasteiger partial charge in [-0.05, 0) is 106 Å². The monoisotopic (exact) mass is 1100 g/mol. The van der Waals surface area contributed by atoms with Crippen molar-refractivity contribution in [3.8, 4) is 40.5 Å². The maximum Gasteiger partial charge on any atom is 0.237 e. The molecule has 0 saturated carbocycles. The average molecular weight is 1100 g/mol. The molecule has 0 fully saturated rings. The lowest BCUT2D eigenvalue weighted by atomic mass is 10.1. The van der Waals surface area contributed by atoms with Crippen LogP contribution in [0.15, 0.2) is 297 Å². The number of rotatable bonds is 9. The molecule has 5 aromatic heterocycles. The molecule has 0 unspecified atom stereocenters. The van der Waals surface area contributed by atoms with Crippen LogP contribution in [0.1, 0.15) is 5.56 Å². The lowest BCUT2D eigenvalue weighted by molar-refractivity contribution is 0.952. The van der Waals surface area contributed by atoms with Gasteiger partial charge >= 0.3 is 0 Å². The van der Waals surface area contributed by atoms with Crippen LogP contribution in [-0.4, -0.2) is 36.3 Å². The quantitative estimate of drug-likeness (QED) is 0.107. The van der Waals surface area contributed by atoms with Crippen LogP contribution >= 0.6 is 0 Å². The zero-order chi connectivity index (χ0) is 56.2. The Kier molecular flexibility index (Phi) is 10.9. The number of nitrogens with zero attached hydrogens (tertiary/aromatic N) is 7. The zero-order valence-electron chi connectivity index (χ0n) is 45.9. The van der Waals surface area contributed by atoms with Gasteiger partial charge in [-0.25, -0.2) is 4.98 Å². The largest absolute Gasteiger partial charge is 0.309 e. The van der Waals surface area contributed by atoms with Gasteiger partial charge in [0.1, 0.15) is 5.82 Å². The Morgan fingerprint density at radius 3 is 1.15 bits per heavy atom. The third-order valence-electron chi connectivity index (χ3n) is 17.6. The van der Waals surface area contributed by atoms with Crippen molar-refractivity contribution in [1.82, 2.24) is 28.2 Å². The molecule has 7 nitrogen and oxygen atoms in total. The molecule has 0 saturated heterocycles. The molecule has 0 amide bonds. The Morgan fingerprint density at radius 2 is 0.659 bits per heavy atom. The van der Waals surface area contributed by atoms with E-state index >= 15 is 0 Å². The Bertz CT molecular complexity index is 5420. The molecule has 0 aliphatic heterocycles. The highest BCUT2D eigenvalue weighted by molar-refractivity contribution is 7.19. The summed E-state index contributed by atoms with van der Waals surface area (Å²) in [5.41, 5.74) is 13.1. The first-order chi connectivity index (χ1) is 42.1. The molecule has 12 aromatic carbocycles. The predicted octanol–water partition coefficient (Wildman–Crippen LogP) is 15.8. The molecule has 0 radical (unpaired) electrons. The van der Waals surface area contributed by atoms with E-state index in [2.05, 4.69) is 309 Å². The van der Waals surface area contributed by atoms with Gasteiger partial charge in [-0.1, -0.05) is 206 Å². The van der Waals surface area contributed by atoms with Gasteiger partial charge in [-0.3, -0.25) is 9.13 Å². The fourth-order valence-corrected chi connectivity index (χ4v) is 18.7. The fourth-order valence-electron chi connectivity index (χ4n) is 13.9. The highest BCUT2D eigenvalue weighted by Crippen LogP contribution is 2.40. The number of nitriles is 1. The van der Waals surface area contributed by atoms with Crippen LogP contribution in [0.3, 0.4) is 0 Å². The van der Waals surface area contributed by atoms with Gasteiger partial charge in [0, 0.05) is 66.1 Å². The third-order valence-corrected chi connectivity index (χ3v) is 22.3. The van der Waals surface area contributed by atoms with E-state index in [0.29, 0.717) is 11.5 Å². The Hall–Kier alpha value is -11.4.